The molecule has 1 aliphatic carbocycles. The fraction of sp³-hybridized carbons (Fsp3) is 0.467. The van der Waals surface area contributed by atoms with E-state index in [1.165, 1.54) is 12.7 Å². The fourth-order valence-corrected chi connectivity index (χ4v) is 2.78. The van der Waals surface area contributed by atoms with E-state index in [1.54, 1.807) is 6.92 Å². The van der Waals surface area contributed by atoms with Crippen LogP contribution < -0.4 is 0 Å². The van der Waals surface area contributed by atoms with Crippen molar-refractivity contribution in [2.75, 3.05) is 7.11 Å². The quantitative estimate of drug-likeness (QED) is 0.606. The van der Waals surface area contributed by atoms with Gasteiger partial charge in [0.2, 0.25) is 0 Å². The Balaban J connectivity index is 2.15. The maximum absolute atomic E-state index is 12.0. The van der Waals surface area contributed by atoms with Crippen molar-refractivity contribution in [1.82, 2.24) is 0 Å². The van der Waals surface area contributed by atoms with Crippen molar-refractivity contribution < 1.29 is 14.3 Å². The van der Waals surface area contributed by atoms with E-state index in [9.17, 15) is 9.59 Å². The van der Waals surface area contributed by atoms with E-state index in [2.05, 4.69) is 0 Å². The second-order valence-corrected chi connectivity index (χ2v) is 4.87. The predicted octanol–water partition coefficient (Wildman–Crippen LogP) is 2.70. The van der Waals surface area contributed by atoms with Gasteiger partial charge in [-0.2, -0.15) is 0 Å². The minimum absolute atomic E-state index is 0.00142. The van der Waals surface area contributed by atoms with Crippen LogP contribution in [0.2, 0.25) is 0 Å². The molecule has 0 atom stereocenters. The summed E-state index contributed by atoms with van der Waals surface area (Å²) in [6.07, 6.45) is 1.54. The van der Waals surface area contributed by atoms with Gasteiger partial charge in [-0.3, -0.25) is 9.59 Å². The number of ketones is 1. The summed E-state index contributed by atoms with van der Waals surface area (Å²) >= 11 is 0. The average Bonchev–Trinajstić information content (AvgIpc) is 2.38. The summed E-state index contributed by atoms with van der Waals surface area (Å²) in [5, 5.41) is 0. The van der Waals surface area contributed by atoms with E-state index < -0.39 is 5.41 Å². The van der Waals surface area contributed by atoms with Crippen LogP contribution in [0.4, 0.5) is 0 Å². The van der Waals surface area contributed by atoms with E-state index in [4.69, 9.17) is 4.74 Å². The second-order valence-electron chi connectivity index (χ2n) is 4.87. The van der Waals surface area contributed by atoms with Crippen LogP contribution in [-0.4, -0.2) is 18.9 Å². The third-order valence-corrected chi connectivity index (χ3v) is 3.89. The highest BCUT2D eigenvalue weighted by Crippen LogP contribution is 2.52. The number of hydrogen-bond acceptors (Lipinski definition) is 3. The first-order valence-corrected chi connectivity index (χ1v) is 6.30. The topological polar surface area (TPSA) is 43.4 Å². The fourth-order valence-electron chi connectivity index (χ4n) is 2.78. The standard InChI is InChI=1S/C15H18O3/c1-3-13(16)15(14(17)18-2)9-12(10-15)11-7-5-4-6-8-11/h4-8,12H,3,9-10H2,1-2H3. The van der Waals surface area contributed by atoms with Crippen molar-refractivity contribution in [2.45, 2.75) is 32.1 Å². The van der Waals surface area contributed by atoms with Gasteiger partial charge in [0, 0.05) is 6.42 Å². The third kappa shape index (κ3) is 1.94. The maximum Gasteiger partial charge on any atom is 0.319 e. The summed E-state index contributed by atoms with van der Waals surface area (Å²) < 4.78 is 4.80. The maximum atomic E-state index is 12.0. The Labute approximate surface area is 107 Å². The molecule has 0 saturated heterocycles. The van der Waals surface area contributed by atoms with Gasteiger partial charge in [-0.25, -0.2) is 0 Å². The molecule has 0 aromatic heterocycles. The number of benzene rings is 1. The lowest BCUT2D eigenvalue weighted by Gasteiger charge is -2.44. The zero-order valence-electron chi connectivity index (χ0n) is 10.8. The van der Waals surface area contributed by atoms with Crippen LogP contribution in [0.15, 0.2) is 30.3 Å². The average molecular weight is 246 g/mol. The molecule has 0 heterocycles. The molecule has 0 unspecified atom stereocenters. The molecule has 3 heteroatoms. The van der Waals surface area contributed by atoms with Crippen molar-refractivity contribution in [1.29, 1.82) is 0 Å². The Morgan fingerprint density at radius 1 is 1.28 bits per heavy atom. The molecule has 1 aromatic rings. The van der Waals surface area contributed by atoms with Crippen molar-refractivity contribution in [2.24, 2.45) is 5.41 Å². The third-order valence-electron chi connectivity index (χ3n) is 3.89. The van der Waals surface area contributed by atoms with Crippen LogP contribution in [0.3, 0.4) is 0 Å². The highest BCUT2D eigenvalue weighted by atomic mass is 16.5. The Hall–Kier alpha value is -1.64. The molecule has 96 valence electrons. The minimum atomic E-state index is -0.885. The first-order chi connectivity index (χ1) is 8.64. The van der Waals surface area contributed by atoms with Crippen LogP contribution in [0.5, 0.6) is 0 Å². The van der Waals surface area contributed by atoms with E-state index in [0.29, 0.717) is 25.2 Å². The lowest BCUT2D eigenvalue weighted by Crippen LogP contribution is -2.49. The number of hydrogen-bond donors (Lipinski definition) is 0. The number of rotatable bonds is 4. The molecule has 2 rings (SSSR count). The zero-order chi connectivity index (χ0) is 13.2. The number of carbonyl (C=O) groups excluding carboxylic acids is 2. The van der Waals surface area contributed by atoms with Crippen molar-refractivity contribution in [3.63, 3.8) is 0 Å². The first-order valence-electron chi connectivity index (χ1n) is 6.30. The van der Waals surface area contributed by atoms with Gasteiger partial charge in [-0.05, 0) is 24.3 Å². The molecule has 0 amide bonds. The summed E-state index contributed by atoms with van der Waals surface area (Å²) in [6, 6.07) is 10.0. The van der Waals surface area contributed by atoms with Crippen molar-refractivity contribution in [3.05, 3.63) is 35.9 Å². The summed E-state index contributed by atoms with van der Waals surface area (Å²) in [6.45, 7) is 1.79. The molecular formula is C15H18O3. The highest BCUT2D eigenvalue weighted by molar-refractivity contribution is 6.05. The Bertz CT molecular complexity index is 426. The van der Waals surface area contributed by atoms with Crippen LogP contribution >= 0.6 is 0 Å². The molecule has 1 fully saturated rings. The van der Waals surface area contributed by atoms with E-state index >= 15 is 0 Å². The first kappa shape index (κ1) is 12.8. The minimum Gasteiger partial charge on any atom is -0.468 e. The lowest BCUT2D eigenvalue weighted by molar-refractivity contribution is -0.165. The van der Waals surface area contributed by atoms with Gasteiger partial charge in [0.05, 0.1) is 7.11 Å². The van der Waals surface area contributed by atoms with Crippen molar-refractivity contribution >= 4 is 11.8 Å². The number of methoxy groups -OCH3 is 1. The smallest absolute Gasteiger partial charge is 0.319 e. The van der Waals surface area contributed by atoms with Gasteiger partial charge in [-0.1, -0.05) is 37.3 Å². The molecule has 0 spiro atoms. The van der Waals surface area contributed by atoms with E-state index in [0.717, 1.165) is 0 Å². The monoisotopic (exact) mass is 246 g/mol. The lowest BCUT2D eigenvalue weighted by atomic mass is 9.57. The number of Topliss-reactive ketones (excluding diaryl/α,β-unsaturated/α-hetero) is 1. The van der Waals surface area contributed by atoms with Gasteiger partial charge >= 0.3 is 5.97 Å². The molecule has 1 aromatic carbocycles. The number of ether oxygens (including phenoxy) is 1. The predicted molar refractivity (Wildman–Crippen MR) is 68.2 cm³/mol. The van der Waals surface area contributed by atoms with Gasteiger partial charge in [0.25, 0.3) is 0 Å². The molecule has 18 heavy (non-hydrogen) atoms. The summed E-state index contributed by atoms with van der Waals surface area (Å²) in [5.74, 6) is -0.0798. The van der Waals surface area contributed by atoms with Gasteiger partial charge < -0.3 is 4.74 Å². The summed E-state index contributed by atoms with van der Waals surface area (Å²) in [7, 11) is 1.35. The summed E-state index contributed by atoms with van der Waals surface area (Å²) in [5.41, 5.74) is 0.310. The number of esters is 1. The Kier molecular flexibility index (Phi) is 3.50. The molecule has 1 saturated carbocycles. The molecule has 1 aliphatic rings. The van der Waals surface area contributed by atoms with E-state index in [-0.39, 0.29) is 11.8 Å². The molecular weight excluding hydrogens is 228 g/mol. The van der Waals surface area contributed by atoms with E-state index in [1.807, 2.05) is 30.3 Å². The van der Waals surface area contributed by atoms with Gasteiger partial charge in [0.15, 0.2) is 0 Å². The Morgan fingerprint density at radius 2 is 1.89 bits per heavy atom. The van der Waals surface area contributed by atoms with Crippen molar-refractivity contribution in [3.8, 4) is 0 Å². The van der Waals surface area contributed by atoms with Crippen LogP contribution in [0.25, 0.3) is 0 Å². The molecule has 0 aliphatic heterocycles. The summed E-state index contributed by atoms with van der Waals surface area (Å²) in [4.78, 5) is 23.8. The Morgan fingerprint density at radius 3 is 2.39 bits per heavy atom. The second kappa shape index (κ2) is 4.92. The SMILES string of the molecule is CCC(=O)C1(C(=O)OC)CC(c2ccccc2)C1. The van der Waals surface area contributed by atoms with Crippen LogP contribution in [-0.2, 0) is 14.3 Å². The highest BCUT2D eigenvalue weighted by Gasteiger charge is 2.55. The van der Waals surface area contributed by atoms with Crippen LogP contribution in [0.1, 0.15) is 37.7 Å². The largest absolute Gasteiger partial charge is 0.468 e. The van der Waals surface area contributed by atoms with Crippen LogP contribution in [0, 0.1) is 5.41 Å². The molecule has 3 nitrogen and oxygen atoms in total. The number of carbonyl (C=O) groups is 2. The zero-order valence-corrected chi connectivity index (χ0v) is 10.8. The normalized spacial score (nSPS) is 26.2. The van der Waals surface area contributed by atoms with Gasteiger partial charge in [0.1, 0.15) is 11.2 Å². The van der Waals surface area contributed by atoms with Gasteiger partial charge in [-0.15, -0.1) is 0 Å². The molecule has 0 bridgehead atoms. The molecule has 0 radical (unpaired) electrons. The molecule has 0 N–H and O–H groups in total.